The van der Waals surface area contributed by atoms with Gasteiger partial charge in [0, 0.05) is 5.56 Å². The standard InChI is InChI=1S/C17H15N3O3.Na/c21-16(12-6-7-13-14(9-12)19-10-18-13)20-15(17(22)23)8-11-4-2-1-3-5-11;/h1-7,9-10,15H,8H2,(H,18,19)(H,20,21)(H,22,23);/q;+1/p-1. The Hall–Kier alpha value is -2.15. The Morgan fingerprint density at radius 2 is 1.92 bits per heavy atom. The third-order valence-electron chi connectivity index (χ3n) is 3.55. The number of carboxylic acid groups (broad SMARTS) is 1. The summed E-state index contributed by atoms with van der Waals surface area (Å²) < 4.78 is 0. The summed E-state index contributed by atoms with van der Waals surface area (Å²) in [6.45, 7) is 0. The van der Waals surface area contributed by atoms with E-state index in [2.05, 4.69) is 15.3 Å². The van der Waals surface area contributed by atoms with Crippen LogP contribution in [-0.4, -0.2) is 27.9 Å². The molecule has 3 rings (SSSR count). The van der Waals surface area contributed by atoms with Gasteiger partial charge in [0.1, 0.15) is 0 Å². The monoisotopic (exact) mass is 331 g/mol. The number of imidazole rings is 1. The Balaban J connectivity index is 0.00000208. The van der Waals surface area contributed by atoms with Crippen molar-refractivity contribution in [2.45, 2.75) is 12.5 Å². The molecule has 2 aromatic carbocycles. The van der Waals surface area contributed by atoms with E-state index in [4.69, 9.17) is 0 Å². The van der Waals surface area contributed by atoms with Gasteiger partial charge in [-0.05, 0) is 30.2 Å². The molecule has 116 valence electrons. The average molecular weight is 331 g/mol. The summed E-state index contributed by atoms with van der Waals surface area (Å²) >= 11 is 0. The van der Waals surface area contributed by atoms with Crippen molar-refractivity contribution in [2.24, 2.45) is 0 Å². The molecular formula is C17H14N3NaO3. The van der Waals surface area contributed by atoms with Gasteiger partial charge in [0.05, 0.1) is 29.4 Å². The maximum absolute atomic E-state index is 12.3. The second kappa shape index (κ2) is 8.10. The van der Waals surface area contributed by atoms with E-state index in [9.17, 15) is 14.7 Å². The zero-order valence-electron chi connectivity index (χ0n) is 13.2. The van der Waals surface area contributed by atoms with E-state index in [-0.39, 0.29) is 36.0 Å². The van der Waals surface area contributed by atoms with Crippen molar-refractivity contribution < 1.29 is 44.3 Å². The predicted octanol–water partition coefficient (Wildman–Crippen LogP) is -2.34. The first kappa shape index (κ1) is 18.2. The molecule has 0 bridgehead atoms. The van der Waals surface area contributed by atoms with E-state index >= 15 is 0 Å². The molecule has 1 amide bonds. The maximum atomic E-state index is 12.3. The normalized spacial score (nSPS) is 11.5. The summed E-state index contributed by atoms with van der Waals surface area (Å²) in [5.74, 6) is -1.78. The molecule has 1 heterocycles. The summed E-state index contributed by atoms with van der Waals surface area (Å²) in [5, 5.41) is 13.8. The number of hydrogen-bond acceptors (Lipinski definition) is 4. The fourth-order valence-corrected chi connectivity index (χ4v) is 2.36. The zero-order valence-corrected chi connectivity index (χ0v) is 15.2. The number of H-pyrrole nitrogens is 1. The number of nitrogens with zero attached hydrogens (tertiary/aromatic N) is 1. The maximum Gasteiger partial charge on any atom is 1.00 e. The Labute approximate surface area is 160 Å². The summed E-state index contributed by atoms with van der Waals surface area (Å²) in [7, 11) is 0. The number of rotatable bonds is 5. The quantitative estimate of drug-likeness (QED) is 0.512. The van der Waals surface area contributed by atoms with Gasteiger partial charge in [-0.25, -0.2) is 4.98 Å². The van der Waals surface area contributed by atoms with Crippen molar-refractivity contribution in [3.63, 3.8) is 0 Å². The van der Waals surface area contributed by atoms with Gasteiger partial charge in [-0.15, -0.1) is 0 Å². The van der Waals surface area contributed by atoms with Crippen molar-refractivity contribution in [3.05, 3.63) is 66.0 Å². The van der Waals surface area contributed by atoms with Gasteiger partial charge in [-0.3, -0.25) is 4.79 Å². The molecule has 1 atom stereocenters. The van der Waals surface area contributed by atoms with Gasteiger partial charge in [0.15, 0.2) is 0 Å². The fraction of sp³-hybridized carbons (Fsp3) is 0.118. The van der Waals surface area contributed by atoms with Gasteiger partial charge < -0.3 is 20.2 Å². The molecule has 24 heavy (non-hydrogen) atoms. The number of nitrogens with one attached hydrogen (secondary N) is 2. The van der Waals surface area contributed by atoms with Crippen molar-refractivity contribution in [1.29, 1.82) is 0 Å². The van der Waals surface area contributed by atoms with Crippen LogP contribution in [0.1, 0.15) is 15.9 Å². The third kappa shape index (κ3) is 4.23. The first-order chi connectivity index (χ1) is 11.1. The number of carbonyl (C=O) groups excluding carboxylic acids is 2. The SMILES string of the molecule is O=C(NC(Cc1ccccc1)C(=O)[O-])c1ccc2nc[nH]c2c1.[Na+]. The third-order valence-corrected chi connectivity index (χ3v) is 3.55. The zero-order chi connectivity index (χ0) is 16.2. The van der Waals surface area contributed by atoms with Crippen LogP contribution < -0.4 is 40.0 Å². The van der Waals surface area contributed by atoms with Gasteiger partial charge >= 0.3 is 29.6 Å². The summed E-state index contributed by atoms with van der Waals surface area (Å²) in [4.78, 5) is 30.6. The molecular weight excluding hydrogens is 317 g/mol. The molecule has 7 heteroatoms. The number of fused-ring (bicyclic) bond motifs is 1. The van der Waals surface area contributed by atoms with Crippen LogP contribution in [0.4, 0.5) is 0 Å². The van der Waals surface area contributed by atoms with Crippen LogP contribution in [0.2, 0.25) is 0 Å². The molecule has 0 saturated heterocycles. The largest absolute Gasteiger partial charge is 1.00 e. The topological polar surface area (TPSA) is 97.9 Å². The molecule has 0 spiro atoms. The molecule has 0 saturated carbocycles. The van der Waals surface area contributed by atoms with Crippen LogP contribution in [0, 0.1) is 0 Å². The van der Waals surface area contributed by atoms with E-state index in [0.29, 0.717) is 11.1 Å². The van der Waals surface area contributed by atoms with Gasteiger partial charge in [0.2, 0.25) is 0 Å². The average Bonchev–Trinajstić information content (AvgIpc) is 3.02. The molecule has 0 fully saturated rings. The first-order valence-electron chi connectivity index (χ1n) is 7.12. The first-order valence-corrected chi connectivity index (χ1v) is 7.12. The van der Waals surface area contributed by atoms with E-state index in [1.54, 1.807) is 30.3 Å². The smallest absolute Gasteiger partial charge is 0.548 e. The molecule has 1 unspecified atom stereocenters. The molecule has 3 aromatic rings. The number of aliphatic carboxylic acids is 1. The minimum atomic E-state index is -1.31. The van der Waals surface area contributed by atoms with E-state index < -0.39 is 17.9 Å². The molecule has 0 aliphatic rings. The van der Waals surface area contributed by atoms with Gasteiger partial charge in [-0.2, -0.15) is 0 Å². The van der Waals surface area contributed by atoms with Crippen molar-refractivity contribution in [3.8, 4) is 0 Å². The molecule has 0 radical (unpaired) electrons. The Kier molecular flexibility index (Phi) is 6.14. The Bertz CT molecular complexity index is 848. The van der Waals surface area contributed by atoms with Gasteiger partial charge in [-0.1, -0.05) is 30.3 Å². The summed E-state index contributed by atoms with van der Waals surface area (Å²) in [6.07, 6.45) is 1.70. The minimum absolute atomic E-state index is 0. The number of hydrogen-bond donors (Lipinski definition) is 2. The van der Waals surface area contributed by atoms with Crippen LogP contribution in [0.3, 0.4) is 0 Å². The number of carboxylic acids is 1. The van der Waals surface area contributed by atoms with Crippen LogP contribution in [0.25, 0.3) is 11.0 Å². The number of amides is 1. The van der Waals surface area contributed by atoms with Crippen molar-refractivity contribution >= 4 is 22.9 Å². The minimum Gasteiger partial charge on any atom is -0.548 e. The number of benzene rings is 2. The summed E-state index contributed by atoms with van der Waals surface area (Å²) in [6, 6.07) is 12.9. The van der Waals surface area contributed by atoms with E-state index in [0.717, 1.165) is 11.1 Å². The Morgan fingerprint density at radius 1 is 1.17 bits per heavy atom. The van der Waals surface area contributed by atoms with Crippen molar-refractivity contribution in [2.75, 3.05) is 0 Å². The molecule has 6 nitrogen and oxygen atoms in total. The number of aromatic nitrogens is 2. The van der Waals surface area contributed by atoms with E-state index in [1.165, 1.54) is 6.33 Å². The van der Waals surface area contributed by atoms with Gasteiger partial charge in [0.25, 0.3) is 5.91 Å². The fourth-order valence-electron chi connectivity index (χ4n) is 2.36. The number of aromatic amines is 1. The van der Waals surface area contributed by atoms with Crippen LogP contribution in [0.15, 0.2) is 54.9 Å². The molecule has 2 N–H and O–H groups in total. The van der Waals surface area contributed by atoms with Crippen molar-refractivity contribution in [1.82, 2.24) is 15.3 Å². The second-order valence-electron chi connectivity index (χ2n) is 5.17. The summed E-state index contributed by atoms with van der Waals surface area (Å²) in [5.41, 5.74) is 2.63. The molecule has 0 aliphatic heterocycles. The number of carbonyl (C=O) groups is 2. The Morgan fingerprint density at radius 3 is 2.62 bits per heavy atom. The van der Waals surface area contributed by atoms with E-state index in [1.807, 2.05) is 18.2 Å². The second-order valence-corrected chi connectivity index (χ2v) is 5.17. The molecule has 1 aromatic heterocycles. The van der Waals surface area contributed by atoms with Crippen LogP contribution >= 0.6 is 0 Å². The predicted molar refractivity (Wildman–Crippen MR) is 82.5 cm³/mol. The van der Waals surface area contributed by atoms with Crippen LogP contribution in [-0.2, 0) is 11.2 Å². The molecule has 0 aliphatic carbocycles. The van der Waals surface area contributed by atoms with Crippen LogP contribution in [0.5, 0.6) is 0 Å².